The van der Waals surface area contributed by atoms with Crippen LogP contribution in [0.1, 0.15) is 25.8 Å². The van der Waals surface area contributed by atoms with Gasteiger partial charge in [0.15, 0.2) is 18.1 Å². The van der Waals surface area contributed by atoms with Gasteiger partial charge in [0, 0.05) is 18.0 Å². The first-order valence-electron chi connectivity index (χ1n) is 8.77. The van der Waals surface area contributed by atoms with E-state index in [0.717, 1.165) is 6.07 Å². The average Bonchev–Trinajstić information content (AvgIpc) is 3.20. The summed E-state index contributed by atoms with van der Waals surface area (Å²) >= 11 is 0. The second-order valence-corrected chi connectivity index (χ2v) is 7.48. The predicted molar refractivity (Wildman–Crippen MR) is 97.9 cm³/mol. The molecule has 1 fully saturated rings. The molecule has 0 saturated heterocycles. The number of benzene rings is 2. The molecule has 1 unspecified atom stereocenters. The molecule has 1 N–H and O–H groups in total. The van der Waals surface area contributed by atoms with Gasteiger partial charge in [-0.2, -0.15) is 0 Å². The van der Waals surface area contributed by atoms with Crippen molar-refractivity contribution in [2.75, 3.05) is 20.3 Å². The summed E-state index contributed by atoms with van der Waals surface area (Å²) in [6.45, 7) is 4.10. The third-order valence-corrected chi connectivity index (χ3v) is 5.38. The molecule has 144 valence electrons. The summed E-state index contributed by atoms with van der Waals surface area (Å²) in [6.07, 6.45) is 0.705. The van der Waals surface area contributed by atoms with Gasteiger partial charge in [0.25, 0.3) is 5.91 Å². The van der Waals surface area contributed by atoms with Crippen molar-refractivity contribution in [3.63, 3.8) is 0 Å². The van der Waals surface area contributed by atoms with Gasteiger partial charge in [0.2, 0.25) is 0 Å². The van der Waals surface area contributed by atoms with Crippen LogP contribution in [0.2, 0.25) is 0 Å². The zero-order valence-corrected chi connectivity index (χ0v) is 15.6. The van der Waals surface area contributed by atoms with Gasteiger partial charge in [-0.3, -0.25) is 4.79 Å². The van der Waals surface area contributed by atoms with Gasteiger partial charge in [-0.1, -0.05) is 32.0 Å². The number of methoxy groups -OCH3 is 1. The SMILES string of the molecule is COc1ccccc1OCC(=O)NCC1(c2ccc(F)cc2F)CC1(C)C. The Morgan fingerprint density at radius 1 is 1.15 bits per heavy atom. The second-order valence-electron chi connectivity index (χ2n) is 7.48. The lowest BCUT2D eigenvalue weighted by molar-refractivity contribution is -0.123. The quantitative estimate of drug-likeness (QED) is 0.800. The Morgan fingerprint density at radius 3 is 2.41 bits per heavy atom. The first-order valence-corrected chi connectivity index (χ1v) is 8.77. The molecule has 1 amide bonds. The molecule has 1 atom stereocenters. The van der Waals surface area contributed by atoms with Crippen LogP contribution in [0.3, 0.4) is 0 Å². The average molecular weight is 375 g/mol. The van der Waals surface area contributed by atoms with Gasteiger partial charge in [-0.15, -0.1) is 0 Å². The number of hydrogen-bond donors (Lipinski definition) is 1. The molecule has 3 rings (SSSR count). The third kappa shape index (κ3) is 3.75. The van der Waals surface area contributed by atoms with E-state index in [0.29, 0.717) is 23.5 Å². The monoisotopic (exact) mass is 375 g/mol. The van der Waals surface area contributed by atoms with Crippen LogP contribution in [0, 0.1) is 17.0 Å². The molecule has 0 radical (unpaired) electrons. The van der Waals surface area contributed by atoms with E-state index in [4.69, 9.17) is 9.47 Å². The lowest BCUT2D eigenvalue weighted by Crippen LogP contribution is -2.37. The first kappa shape index (κ1) is 19.1. The van der Waals surface area contributed by atoms with Crippen molar-refractivity contribution in [1.29, 1.82) is 0 Å². The van der Waals surface area contributed by atoms with Crippen LogP contribution >= 0.6 is 0 Å². The fourth-order valence-electron chi connectivity index (χ4n) is 3.63. The highest BCUT2D eigenvalue weighted by Gasteiger charge is 2.62. The largest absolute Gasteiger partial charge is 0.493 e. The van der Waals surface area contributed by atoms with E-state index in [2.05, 4.69) is 5.32 Å². The van der Waals surface area contributed by atoms with Crippen molar-refractivity contribution in [1.82, 2.24) is 5.32 Å². The Hall–Kier alpha value is -2.63. The maximum Gasteiger partial charge on any atom is 0.257 e. The van der Waals surface area contributed by atoms with Gasteiger partial charge in [-0.05, 0) is 35.6 Å². The minimum absolute atomic E-state index is 0.178. The summed E-state index contributed by atoms with van der Waals surface area (Å²) in [5, 5.41) is 2.82. The van der Waals surface area contributed by atoms with Crippen LogP contribution < -0.4 is 14.8 Å². The van der Waals surface area contributed by atoms with Gasteiger partial charge < -0.3 is 14.8 Å². The maximum atomic E-state index is 14.3. The smallest absolute Gasteiger partial charge is 0.257 e. The Morgan fingerprint density at radius 2 is 1.81 bits per heavy atom. The molecule has 1 saturated carbocycles. The number of amides is 1. The van der Waals surface area contributed by atoms with Crippen molar-refractivity contribution in [3.8, 4) is 11.5 Å². The second kappa shape index (κ2) is 7.18. The molecule has 2 aromatic rings. The molecule has 4 nitrogen and oxygen atoms in total. The molecule has 0 aromatic heterocycles. The van der Waals surface area contributed by atoms with Crippen molar-refractivity contribution in [2.45, 2.75) is 25.7 Å². The number of hydrogen-bond acceptors (Lipinski definition) is 3. The lowest BCUT2D eigenvalue weighted by Gasteiger charge is -2.22. The number of carbonyl (C=O) groups is 1. The van der Waals surface area contributed by atoms with Gasteiger partial charge >= 0.3 is 0 Å². The number of nitrogens with one attached hydrogen (secondary N) is 1. The predicted octanol–water partition coefficient (Wildman–Crippen LogP) is 3.84. The number of ether oxygens (including phenoxy) is 2. The van der Waals surface area contributed by atoms with Crippen molar-refractivity contribution in [2.24, 2.45) is 5.41 Å². The van der Waals surface area contributed by atoms with Crippen LogP contribution in [-0.2, 0) is 10.2 Å². The molecule has 6 heteroatoms. The molecule has 0 bridgehead atoms. The van der Waals surface area contributed by atoms with Gasteiger partial charge in [0.05, 0.1) is 7.11 Å². The molecule has 0 heterocycles. The summed E-state index contributed by atoms with van der Waals surface area (Å²) in [5.41, 5.74) is -0.312. The van der Waals surface area contributed by atoms with Gasteiger partial charge in [-0.25, -0.2) is 8.78 Å². The third-order valence-electron chi connectivity index (χ3n) is 5.38. The first-order chi connectivity index (χ1) is 12.8. The summed E-state index contributed by atoms with van der Waals surface area (Å²) in [5.74, 6) is -0.496. The minimum atomic E-state index is -0.612. The lowest BCUT2D eigenvalue weighted by atomic mass is 9.87. The molecule has 27 heavy (non-hydrogen) atoms. The Balaban J connectivity index is 1.64. The van der Waals surface area contributed by atoms with Crippen LogP contribution in [-0.4, -0.2) is 26.2 Å². The standard InChI is InChI=1S/C21H23F2NO3/c1-20(2)12-21(20,15-9-8-14(22)10-16(15)23)13-24-19(25)11-27-18-7-5-4-6-17(18)26-3/h4-10H,11-13H2,1-3H3,(H,24,25). The van der Waals surface area contributed by atoms with Gasteiger partial charge in [0.1, 0.15) is 11.6 Å². The molecular weight excluding hydrogens is 352 g/mol. The molecule has 0 aliphatic heterocycles. The highest BCUT2D eigenvalue weighted by molar-refractivity contribution is 5.78. The van der Waals surface area contributed by atoms with E-state index in [1.165, 1.54) is 19.2 Å². The Kier molecular flexibility index (Phi) is 5.09. The van der Waals surface area contributed by atoms with Crippen molar-refractivity contribution in [3.05, 3.63) is 59.7 Å². The molecule has 1 aliphatic carbocycles. The molecule has 0 spiro atoms. The van der Waals surface area contributed by atoms with Crippen LogP contribution in [0.4, 0.5) is 8.78 Å². The summed E-state index contributed by atoms with van der Waals surface area (Å²) in [6, 6.07) is 10.7. The molecule has 1 aliphatic rings. The van der Waals surface area contributed by atoms with Crippen LogP contribution in [0.25, 0.3) is 0 Å². The van der Waals surface area contributed by atoms with E-state index in [-0.39, 0.29) is 24.5 Å². The van der Waals surface area contributed by atoms with E-state index >= 15 is 0 Å². The van der Waals surface area contributed by atoms with Crippen LogP contribution in [0.15, 0.2) is 42.5 Å². The topological polar surface area (TPSA) is 47.6 Å². The highest BCUT2D eigenvalue weighted by Crippen LogP contribution is 2.64. The summed E-state index contributed by atoms with van der Waals surface area (Å²) < 4.78 is 38.3. The number of carbonyl (C=O) groups excluding carboxylic acids is 1. The summed E-state index contributed by atoms with van der Waals surface area (Å²) in [7, 11) is 1.53. The van der Waals surface area contributed by atoms with E-state index < -0.39 is 17.0 Å². The van der Waals surface area contributed by atoms with Crippen molar-refractivity contribution < 1.29 is 23.0 Å². The normalized spacial score (nSPS) is 20.0. The number of para-hydroxylation sites is 2. The fourth-order valence-corrected chi connectivity index (χ4v) is 3.63. The Labute approximate surface area is 157 Å². The molecule has 2 aromatic carbocycles. The van der Waals surface area contributed by atoms with Crippen molar-refractivity contribution >= 4 is 5.91 Å². The van der Waals surface area contributed by atoms with Crippen LogP contribution in [0.5, 0.6) is 11.5 Å². The zero-order valence-electron chi connectivity index (χ0n) is 15.6. The minimum Gasteiger partial charge on any atom is -0.493 e. The molecular formula is C21H23F2NO3. The van der Waals surface area contributed by atoms with E-state index in [1.807, 2.05) is 19.9 Å². The summed E-state index contributed by atoms with van der Waals surface area (Å²) in [4.78, 5) is 12.2. The number of halogens is 2. The van der Waals surface area contributed by atoms with E-state index in [9.17, 15) is 13.6 Å². The fraction of sp³-hybridized carbons (Fsp3) is 0.381. The Bertz CT molecular complexity index is 853. The number of rotatable bonds is 7. The zero-order chi connectivity index (χ0) is 19.7. The highest BCUT2D eigenvalue weighted by atomic mass is 19.1. The maximum absolute atomic E-state index is 14.3. The van der Waals surface area contributed by atoms with E-state index in [1.54, 1.807) is 18.2 Å².